The number of anilines is 1. The van der Waals surface area contributed by atoms with Crippen LogP contribution in [0.15, 0.2) is 42.5 Å². The van der Waals surface area contributed by atoms with Gasteiger partial charge in [0.2, 0.25) is 11.8 Å². The zero-order valence-corrected chi connectivity index (χ0v) is 17.4. The third-order valence-corrected chi connectivity index (χ3v) is 5.18. The summed E-state index contributed by atoms with van der Waals surface area (Å²) < 4.78 is 99.0. The van der Waals surface area contributed by atoms with Gasteiger partial charge in [-0.2, -0.15) is 0 Å². The minimum Gasteiger partial charge on any atom is -0.381 e. The molecule has 8 nitrogen and oxygen atoms in total. The van der Waals surface area contributed by atoms with Gasteiger partial charge in [-0.25, -0.2) is 0 Å². The summed E-state index contributed by atoms with van der Waals surface area (Å²) in [6.45, 7) is -6.33. The fraction of sp³-hybridized carbons (Fsp3) is 0.400. The first-order valence-corrected chi connectivity index (χ1v) is 10.3. The summed E-state index contributed by atoms with van der Waals surface area (Å²) in [6.07, 6.45) is -7.23. The average molecular weight is 460 g/mol. The lowest BCUT2D eigenvalue weighted by molar-refractivity contribution is -0.136. The molecule has 33 heavy (non-hydrogen) atoms. The minimum absolute atomic E-state index is 0.0434. The van der Waals surface area contributed by atoms with E-state index in [1.165, 1.54) is 41.7 Å². The molecule has 172 valence electrons. The van der Waals surface area contributed by atoms with E-state index < -0.39 is 67.1 Å². The molecule has 2 saturated heterocycles. The van der Waals surface area contributed by atoms with Crippen molar-refractivity contribution in [3.05, 3.63) is 64.7 Å². The molecule has 0 saturated carbocycles. The number of hydrogen-bond acceptors (Lipinski definition) is 6. The first-order valence-electron chi connectivity index (χ1n) is 15.8. The van der Waals surface area contributed by atoms with Crippen molar-refractivity contribution in [2.24, 2.45) is 0 Å². The van der Waals surface area contributed by atoms with Gasteiger partial charge in [0, 0.05) is 64.0 Å². The summed E-state index contributed by atoms with van der Waals surface area (Å²) >= 11 is 0. The third kappa shape index (κ3) is 4.62. The standard InChI is InChI=1S/C25H28N4O4/c30-23-8-7-22(24(31)27-23)29-16-20-19(25(29)32)5-2-6-21(20)26-14-17-3-1-4-18(13-17)15-28-9-11-33-12-10-28/h1-6,13,22,26H,7-12,14-16H2,(H,27,30,31)/i7D2,8D2,14D2,15D2,16D2,22D. The van der Waals surface area contributed by atoms with Gasteiger partial charge in [-0.1, -0.05) is 30.3 Å². The average Bonchev–Trinajstić information content (AvgIpc) is 3.17. The summed E-state index contributed by atoms with van der Waals surface area (Å²) in [6, 6.07) is 5.72. The maximum atomic E-state index is 13.6. The van der Waals surface area contributed by atoms with Crippen LogP contribution < -0.4 is 10.6 Å². The van der Waals surface area contributed by atoms with Gasteiger partial charge in [0.05, 0.1) is 20.1 Å². The molecule has 5 rings (SSSR count). The zero-order valence-electron chi connectivity index (χ0n) is 28.4. The van der Waals surface area contributed by atoms with E-state index in [2.05, 4.69) is 5.32 Å². The van der Waals surface area contributed by atoms with E-state index in [4.69, 9.17) is 19.8 Å². The molecular formula is C25H28N4O4. The fourth-order valence-corrected chi connectivity index (χ4v) is 3.58. The van der Waals surface area contributed by atoms with Crippen LogP contribution in [0.25, 0.3) is 0 Å². The zero-order chi connectivity index (χ0) is 32.7. The van der Waals surface area contributed by atoms with Gasteiger partial charge in [-0.15, -0.1) is 0 Å². The molecule has 3 aliphatic rings. The first-order chi connectivity index (χ1) is 20.2. The lowest BCUT2D eigenvalue weighted by Crippen LogP contribution is -2.52. The van der Waals surface area contributed by atoms with Gasteiger partial charge in [0.25, 0.3) is 5.91 Å². The van der Waals surface area contributed by atoms with E-state index in [-0.39, 0.29) is 21.7 Å². The van der Waals surface area contributed by atoms with Gasteiger partial charge < -0.3 is 15.0 Å². The largest absolute Gasteiger partial charge is 0.381 e. The van der Waals surface area contributed by atoms with E-state index in [9.17, 15) is 14.4 Å². The third-order valence-electron chi connectivity index (χ3n) is 5.18. The topological polar surface area (TPSA) is 91.0 Å². The maximum Gasteiger partial charge on any atom is 0.255 e. The Kier molecular flexibility index (Phi) is 3.48. The molecule has 3 aliphatic heterocycles. The second kappa shape index (κ2) is 9.33. The summed E-state index contributed by atoms with van der Waals surface area (Å²) in [5.74, 6) is -4.78. The van der Waals surface area contributed by atoms with Crippen molar-refractivity contribution in [1.82, 2.24) is 15.1 Å². The van der Waals surface area contributed by atoms with Crippen molar-refractivity contribution in [3.63, 3.8) is 0 Å². The second-order valence-corrected chi connectivity index (χ2v) is 7.40. The lowest BCUT2D eigenvalue weighted by atomic mass is 10.0. The molecule has 0 aromatic heterocycles. The number of fused-ring (bicyclic) bond motifs is 1. The first kappa shape index (κ1) is 12.3. The molecule has 0 aliphatic carbocycles. The molecule has 0 radical (unpaired) electrons. The van der Waals surface area contributed by atoms with Gasteiger partial charge in [-0.3, -0.25) is 24.6 Å². The van der Waals surface area contributed by atoms with Crippen LogP contribution in [0, 0.1) is 0 Å². The number of imide groups is 1. The van der Waals surface area contributed by atoms with Gasteiger partial charge in [-0.05, 0) is 29.6 Å². The number of piperidine rings is 1. The van der Waals surface area contributed by atoms with Crippen LogP contribution in [0.1, 0.15) is 54.9 Å². The van der Waals surface area contributed by atoms with Crippen LogP contribution in [0.2, 0.25) is 0 Å². The quantitative estimate of drug-likeness (QED) is 0.641. The second-order valence-electron chi connectivity index (χ2n) is 7.40. The molecule has 2 N–H and O–H groups in total. The normalized spacial score (nSPS) is 33.8. The van der Waals surface area contributed by atoms with E-state index in [0.717, 1.165) is 6.07 Å². The molecule has 2 fully saturated rings. The number of rotatable bonds is 6. The Morgan fingerprint density at radius 1 is 1.15 bits per heavy atom. The summed E-state index contributed by atoms with van der Waals surface area (Å²) in [7, 11) is 0. The number of carbonyl (C=O) groups is 3. The molecule has 0 bridgehead atoms. The van der Waals surface area contributed by atoms with Crippen molar-refractivity contribution in [3.8, 4) is 0 Å². The Hall–Kier alpha value is -3.23. The molecule has 8 heteroatoms. The Morgan fingerprint density at radius 3 is 2.79 bits per heavy atom. The Balaban J connectivity index is 1.53. The Bertz CT molecular complexity index is 1550. The number of nitrogens with one attached hydrogen (secondary N) is 2. The predicted molar refractivity (Wildman–Crippen MR) is 122 cm³/mol. The highest BCUT2D eigenvalue weighted by Crippen LogP contribution is 2.32. The number of hydrogen-bond donors (Lipinski definition) is 2. The van der Waals surface area contributed by atoms with Crippen molar-refractivity contribution < 1.29 is 34.2 Å². The van der Waals surface area contributed by atoms with Crippen LogP contribution >= 0.6 is 0 Å². The van der Waals surface area contributed by atoms with Crippen molar-refractivity contribution in [2.45, 2.75) is 38.3 Å². The minimum atomic E-state index is -3.72. The SMILES string of the molecule is [2H]C([2H])(Nc1cccc2c1C([2H])([2H])N(C1([2H])C(=O)NC(=O)C([2H])([2H])C1([2H])[2H])C2=O)c1cccc(C([2H])([2H])N2CCOCC2)c1. The highest BCUT2D eigenvalue weighted by atomic mass is 16.5. The molecule has 2 aromatic rings. The van der Waals surface area contributed by atoms with Gasteiger partial charge >= 0.3 is 0 Å². The highest BCUT2D eigenvalue weighted by molar-refractivity contribution is 6.06. The van der Waals surface area contributed by atoms with Crippen LogP contribution in [0.4, 0.5) is 5.69 Å². The maximum absolute atomic E-state index is 13.6. The number of carbonyl (C=O) groups excluding carboxylic acids is 3. The molecular weight excluding hydrogens is 420 g/mol. The lowest BCUT2D eigenvalue weighted by Gasteiger charge is -2.29. The fourth-order valence-electron chi connectivity index (χ4n) is 3.58. The molecule has 1 atom stereocenters. The Labute approximate surface area is 208 Å². The van der Waals surface area contributed by atoms with Crippen LogP contribution in [-0.2, 0) is 33.8 Å². The number of morpholine rings is 1. The number of nitrogens with zero attached hydrogens (tertiary/aromatic N) is 2. The smallest absolute Gasteiger partial charge is 0.255 e. The van der Waals surface area contributed by atoms with Gasteiger partial charge in [0.15, 0.2) is 0 Å². The molecule has 2 aromatic carbocycles. The number of amides is 3. The van der Waals surface area contributed by atoms with Crippen LogP contribution in [0.3, 0.4) is 0 Å². The molecule has 3 heterocycles. The number of ether oxygens (including phenoxy) is 1. The monoisotopic (exact) mass is 459 g/mol. The van der Waals surface area contributed by atoms with Crippen molar-refractivity contribution in [1.29, 1.82) is 0 Å². The van der Waals surface area contributed by atoms with E-state index in [1.807, 2.05) is 0 Å². The van der Waals surface area contributed by atoms with Gasteiger partial charge in [0.1, 0.15) is 6.02 Å². The number of benzene rings is 2. The molecule has 1 unspecified atom stereocenters. The Morgan fingerprint density at radius 2 is 1.94 bits per heavy atom. The van der Waals surface area contributed by atoms with E-state index >= 15 is 0 Å². The van der Waals surface area contributed by atoms with E-state index in [0.29, 0.717) is 26.3 Å². The summed E-state index contributed by atoms with van der Waals surface area (Å²) in [5.41, 5.74) is -1.17. The molecule has 0 spiro atoms. The predicted octanol–water partition coefficient (Wildman–Crippen LogP) is 1.89. The van der Waals surface area contributed by atoms with Crippen molar-refractivity contribution >= 4 is 23.4 Å². The highest BCUT2D eigenvalue weighted by Gasteiger charge is 2.39. The summed E-state index contributed by atoms with van der Waals surface area (Å²) in [5, 5.41) is 4.07. The van der Waals surface area contributed by atoms with Crippen molar-refractivity contribution in [2.75, 3.05) is 31.6 Å². The van der Waals surface area contributed by atoms with Crippen LogP contribution in [0.5, 0.6) is 0 Å². The van der Waals surface area contributed by atoms with Crippen LogP contribution in [-0.4, -0.2) is 59.8 Å². The molecule has 3 amide bonds. The summed E-state index contributed by atoms with van der Waals surface area (Å²) in [4.78, 5) is 40.1. The van der Waals surface area contributed by atoms with E-state index in [1.54, 1.807) is 4.90 Å².